The molecule has 0 saturated heterocycles. The average molecular weight is 211 g/mol. The molecule has 72 valence electrons. The Balaban J connectivity index is 2.85. The van der Waals surface area contributed by atoms with Crippen LogP contribution >= 0.6 is 11.6 Å². The van der Waals surface area contributed by atoms with Crippen molar-refractivity contribution in [2.75, 3.05) is 0 Å². The molecule has 0 radical (unpaired) electrons. The van der Waals surface area contributed by atoms with Gasteiger partial charge in [0, 0.05) is 16.7 Å². The van der Waals surface area contributed by atoms with Crippen molar-refractivity contribution in [2.45, 2.75) is 0 Å². The first kappa shape index (κ1) is 10.5. The molecule has 3 nitrogen and oxygen atoms in total. The van der Waals surface area contributed by atoms with Gasteiger partial charge in [-0.25, -0.2) is 4.79 Å². The molecule has 1 aromatic carbocycles. The highest BCUT2D eigenvalue weighted by molar-refractivity contribution is 6.31. The zero-order valence-corrected chi connectivity index (χ0v) is 7.86. The van der Waals surface area contributed by atoms with Gasteiger partial charge in [-0.15, -0.1) is 0 Å². The Labute approximate surface area is 85.6 Å². The fraction of sp³-hybridized carbons (Fsp3) is 0. The van der Waals surface area contributed by atoms with Crippen LogP contribution in [0.2, 0.25) is 5.02 Å². The molecule has 0 spiro atoms. The first-order valence-electron chi connectivity index (χ1n) is 3.80. The molecule has 0 unspecified atom stereocenters. The van der Waals surface area contributed by atoms with Gasteiger partial charge in [0.25, 0.3) is 0 Å². The van der Waals surface area contributed by atoms with E-state index in [0.29, 0.717) is 10.6 Å². The monoisotopic (exact) mass is 210 g/mol. The average Bonchev–Trinajstić information content (AvgIpc) is 2.14. The molecule has 0 aliphatic rings. The van der Waals surface area contributed by atoms with Gasteiger partial charge in [0.05, 0.1) is 0 Å². The number of allylic oxidation sites excluding steroid dienone is 1. The van der Waals surface area contributed by atoms with Crippen molar-refractivity contribution in [1.82, 2.24) is 0 Å². The molecule has 1 rings (SSSR count). The van der Waals surface area contributed by atoms with E-state index in [1.807, 2.05) is 0 Å². The highest BCUT2D eigenvalue weighted by atomic mass is 35.5. The lowest BCUT2D eigenvalue weighted by molar-refractivity contribution is -0.131. The molecule has 14 heavy (non-hydrogen) atoms. The lowest BCUT2D eigenvalue weighted by Gasteiger charge is -1.95. The predicted molar refractivity (Wildman–Crippen MR) is 52.6 cm³/mol. The van der Waals surface area contributed by atoms with Crippen molar-refractivity contribution in [3.05, 3.63) is 47.0 Å². The zero-order chi connectivity index (χ0) is 10.6. The van der Waals surface area contributed by atoms with E-state index in [0.717, 1.165) is 12.2 Å². The fourth-order valence-electron chi connectivity index (χ4n) is 0.885. The molecule has 0 bridgehead atoms. The number of hydrogen-bond acceptors (Lipinski definition) is 2. The van der Waals surface area contributed by atoms with Crippen LogP contribution in [0.5, 0.6) is 0 Å². The van der Waals surface area contributed by atoms with Crippen LogP contribution in [0.15, 0.2) is 36.4 Å². The highest BCUT2D eigenvalue weighted by Gasteiger charge is 2.02. The van der Waals surface area contributed by atoms with Crippen molar-refractivity contribution in [3.63, 3.8) is 0 Å². The van der Waals surface area contributed by atoms with Crippen LogP contribution in [-0.4, -0.2) is 16.9 Å². The highest BCUT2D eigenvalue weighted by Crippen LogP contribution is 2.11. The van der Waals surface area contributed by atoms with Crippen molar-refractivity contribution in [2.24, 2.45) is 0 Å². The minimum absolute atomic E-state index is 0.370. The number of rotatable bonds is 3. The van der Waals surface area contributed by atoms with Crippen molar-refractivity contribution in [1.29, 1.82) is 0 Å². The Bertz CT molecular complexity index is 396. The summed E-state index contributed by atoms with van der Waals surface area (Å²) < 4.78 is 0. The number of halogens is 1. The van der Waals surface area contributed by atoms with Gasteiger partial charge in [-0.1, -0.05) is 23.7 Å². The van der Waals surface area contributed by atoms with E-state index in [1.165, 1.54) is 6.07 Å². The normalized spacial score (nSPS) is 10.4. The summed E-state index contributed by atoms with van der Waals surface area (Å²) >= 11 is 5.66. The van der Waals surface area contributed by atoms with E-state index >= 15 is 0 Å². The maximum atomic E-state index is 11.3. The summed E-state index contributed by atoms with van der Waals surface area (Å²) in [5, 5.41) is 8.74. The molecule has 4 heteroatoms. The maximum Gasteiger partial charge on any atom is 0.328 e. The number of aliphatic carboxylic acids is 1. The van der Waals surface area contributed by atoms with Crippen LogP contribution in [-0.2, 0) is 4.79 Å². The third-order valence-electron chi connectivity index (χ3n) is 1.49. The zero-order valence-electron chi connectivity index (χ0n) is 7.11. The predicted octanol–water partition coefficient (Wildman–Crippen LogP) is 2.16. The second-order valence-corrected chi connectivity index (χ2v) is 2.98. The lowest BCUT2D eigenvalue weighted by Crippen LogP contribution is -1.96. The molecule has 0 amide bonds. The van der Waals surface area contributed by atoms with E-state index in [4.69, 9.17) is 16.7 Å². The minimum Gasteiger partial charge on any atom is -0.478 e. The molecule has 1 N–H and O–H groups in total. The third kappa shape index (κ3) is 3.03. The van der Waals surface area contributed by atoms with Crippen molar-refractivity contribution in [3.8, 4) is 0 Å². The first-order chi connectivity index (χ1) is 6.59. The Hall–Kier alpha value is -1.61. The number of benzene rings is 1. The van der Waals surface area contributed by atoms with Gasteiger partial charge in [-0.05, 0) is 18.2 Å². The lowest BCUT2D eigenvalue weighted by atomic mass is 10.1. The molecule has 0 atom stereocenters. The van der Waals surface area contributed by atoms with Crippen LogP contribution in [0.25, 0.3) is 0 Å². The van der Waals surface area contributed by atoms with Gasteiger partial charge in [0.1, 0.15) is 0 Å². The molecule has 0 aliphatic heterocycles. The quantitative estimate of drug-likeness (QED) is 0.615. The maximum absolute atomic E-state index is 11.3. The fourth-order valence-corrected chi connectivity index (χ4v) is 1.08. The smallest absolute Gasteiger partial charge is 0.328 e. The molecule has 0 saturated carbocycles. The standard InChI is InChI=1S/C10H7ClO3/c11-8-3-1-2-7(6-8)9(12)4-5-10(13)14/h1-6H,(H,13,14)/b5-4-. The van der Waals surface area contributed by atoms with Gasteiger partial charge in [-0.3, -0.25) is 4.79 Å². The van der Waals surface area contributed by atoms with Gasteiger partial charge >= 0.3 is 5.97 Å². The van der Waals surface area contributed by atoms with E-state index in [-0.39, 0.29) is 5.78 Å². The number of carbonyl (C=O) groups excluding carboxylic acids is 1. The van der Waals surface area contributed by atoms with Gasteiger partial charge in [0.15, 0.2) is 5.78 Å². The molecule has 0 fully saturated rings. The number of carboxylic acid groups (broad SMARTS) is 1. The summed E-state index contributed by atoms with van der Waals surface area (Å²) in [6, 6.07) is 6.32. The summed E-state index contributed by atoms with van der Waals surface area (Å²) in [6.07, 6.45) is 1.79. The van der Waals surface area contributed by atoms with Crippen LogP contribution in [0, 0.1) is 0 Å². The number of carboxylic acids is 1. The van der Waals surface area contributed by atoms with Gasteiger partial charge < -0.3 is 5.11 Å². The molecule has 0 heterocycles. The van der Waals surface area contributed by atoms with Crippen LogP contribution in [0.3, 0.4) is 0 Å². The largest absolute Gasteiger partial charge is 0.478 e. The minimum atomic E-state index is -1.15. The molecule has 0 aliphatic carbocycles. The Kier molecular flexibility index (Phi) is 3.42. The summed E-state index contributed by atoms with van der Waals surface area (Å²) in [7, 11) is 0. The second-order valence-electron chi connectivity index (χ2n) is 2.55. The summed E-state index contributed by atoms with van der Waals surface area (Å²) in [5.74, 6) is -1.53. The Morgan fingerprint density at radius 3 is 2.57 bits per heavy atom. The van der Waals surface area contributed by atoms with Crippen LogP contribution in [0.1, 0.15) is 10.4 Å². The van der Waals surface area contributed by atoms with Crippen molar-refractivity contribution >= 4 is 23.4 Å². The van der Waals surface area contributed by atoms with E-state index in [9.17, 15) is 9.59 Å². The summed E-state index contributed by atoms with van der Waals surface area (Å²) in [4.78, 5) is 21.4. The summed E-state index contributed by atoms with van der Waals surface area (Å²) in [5.41, 5.74) is 0.370. The SMILES string of the molecule is O=C(O)/C=C\C(=O)c1cccc(Cl)c1. The number of ketones is 1. The molecular formula is C10H7ClO3. The third-order valence-corrected chi connectivity index (χ3v) is 1.72. The van der Waals surface area contributed by atoms with Gasteiger partial charge in [-0.2, -0.15) is 0 Å². The van der Waals surface area contributed by atoms with Gasteiger partial charge in [0.2, 0.25) is 0 Å². The van der Waals surface area contributed by atoms with E-state index < -0.39 is 5.97 Å². The molecule has 0 aromatic heterocycles. The van der Waals surface area contributed by atoms with E-state index in [1.54, 1.807) is 18.2 Å². The number of hydrogen-bond donors (Lipinski definition) is 1. The van der Waals surface area contributed by atoms with Crippen LogP contribution < -0.4 is 0 Å². The Morgan fingerprint density at radius 1 is 1.29 bits per heavy atom. The summed E-state index contributed by atoms with van der Waals surface area (Å²) in [6.45, 7) is 0. The van der Waals surface area contributed by atoms with Crippen molar-refractivity contribution < 1.29 is 14.7 Å². The number of carbonyl (C=O) groups is 2. The van der Waals surface area contributed by atoms with Crippen LogP contribution in [0.4, 0.5) is 0 Å². The Morgan fingerprint density at radius 2 is 2.00 bits per heavy atom. The molecule has 1 aromatic rings. The molecular weight excluding hydrogens is 204 g/mol. The topological polar surface area (TPSA) is 54.4 Å². The van der Waals surface area contributed by atoms with E-state index in [2.05, 4.69) is 0 Å². The first-order valence-corrected chi connectivity index (χ1v) is 4.18. The second kappa shape index (κ2) is 4.58.